The Labute approximate surface area is 475 Å². The zero-order chi connectivity index (χ0) is 54.0. The maximum absolute atomic E-state index is 12.8. The summed E-state index contributed by atoms with van der Waals surface area (Å²) in [6, 6.07) is 0. The van der Waals surface area contributed by atoms with Crippen LogP contribution >= 0.6 is 15.9 Å². The zero-order valence-electron chi connectivity index (χ0n) is 50.2. The lowest BCUT2D eigenvalue weighted by Crippen LogP contribution is -2.48. The number of esters is 2. The molecule has 0 aromatic heterocycles. The minimum Gasteiger partial charge on any atom is -0.465 e. The highest BCUT2D eigenvalue weighted by atomic mass is 79.9. The number of rotatable bonds is 47. The highest BCUT2D eigenvalue weighted by Crippen LogP contribution is 2.60. The summed E-state index contributed by atoms with van der Waals surface area (Å²) in [6.07, 6.45) is 63.1. The van der Waals surface area contributed by atoms with Crippen molar-refractivity contribution in [3.63, 3.8) is 0 Å². The van der Waals surface area contributed by atoms with E-state index in [0.29, 0.717) is 49.9 Å². The Morgan fingerprint density at radius 2 is 0.973 bits per heavy atom. The molecule has 1 spiro atoms. The minimum absolute atomic E-state index is 0.00275. The molecular formula is C67H128BrNO6. The fraction of sp³-hybridized carbons (Fsp3) is 0.970. The molecule has 0 aromatic carbocycles. The maximum Gasteiger partial charge on any atom is 0.305 e. The molecule has 2 N–H and O–H groups in total. The van der Waals surface area contributed by atoms with E-state index in [1.807, 2.05) is 0 Å². The van der Waals surface area contributed by atoms with Crippen molar-refractivity contribution in [1.29, 1.82) is 0 Å². The lowest BCUT2D eigenvalue weighted by molar-refractivity contribution is -0.146. The molecule has 7 nitrogen and oxygen atoms in total. The van der Waals surface area contributed by atoms with E-state index in [-0.39, 0.29) is 18.5 Å². The average Bonchev–Trinajstić information content (AvgIpc) is 3.40. The van der Waals surface area contributed by atoms with Crippen molar-refractivity contribution in [2.24, 2.45) is 29.1 Å². The van der Waals surface area contributed by atoms with Crippen LogP contribution in [0.2, 0.25) is 0 Å². The quantitative estimate of drug-likeness (QED) is 0.0356. The van der Waals surface area contributed by atoms with Gasteiger partial charge in [-0.1, -0.05) is 248 Å². The van der Waals surface area contributed by atoms with Gasteiger partial charge in [-0.3, -0.25) is 9.59 Å². The maximum atomic E-state index is 12.8. The largest absolute Gasteiger partial charge is 0.465 e. The van der Waals surface area contributed by atoms with E-state index in [1.165, 1.54) is 263 Å². The Morgan fingerprint density at radius 1 is 0.507 bits per heavy atom. The van der Waals surface area contributed by atoms with Crippen molar-refractivity contribution in [2.75, 3.05) is 51.4 Å². The minimum atomic E-state index is 0.00275. The number of hydrogen-bond donors (Lipinski definition) is 2. The zero-order valence-corrected chi connectivity index (χ0v) is 51.8. The summed E-state index contributed by atoms with van der Waals surface area (Å²) >= 11 is 3.51. The van der Waals surface area contributed by atoms with Gasteiger partial charge >= 0.3 is 11.9 Å². The molecule has 0 bridgehead atoms. The lowest BCUT2D eigenvalue weighted by atomic mass is 9.48. The van der Waals surface area contributed by atoms with Crippen molar-refractivity contribution in [2.45, 2.75) is 335 Å². The van der Waals surface area contributed by atoms with Crippen LogP contribution in [0.1, 0.15) is 335 Å². The van der Waals surface area contributed by atoms with E-state index in [4.69, 9.17) is 9.47 Å². The Bertz CT molecular complexity index is 1230. The molecule has 3 unspecified atom stereocenters. The summed E-state index contributed by atoms with van der Waals surface area (Å²) < 4.78 is 11.8. The molecule has 2 aliphatic carbocycles. The van der Waals surface area contributed by atoms with E-state index < -0.39 is 0 Å². The topological polar surface area (TPSA) is 96.3 Å². The third-order valence-electron chi connectivity index (χ3n) is 18.2. The van der Waals surface area contributed by atoms with Gasteiger partial charge in [-0.25, -0.2) is 0 Å². The van der Waals surface area contributed by atoms with Gasteiger partial charge in [-0.15, -0.1) is 0 Å². The van der Waals surface area contributed by atoms with E-state index in [0.717, 1.165) is 81.7 Å². The molecule has 0 radical (unpaired) electrons. The van der Waals surface area contributed by atoms with Crippen molar-refractivity contribution in [3.05, 3.63) is 0 Å². The fourth-order valence-electron chi connectivity index (χ4n) is 13.5. The molecule has 444 valence electrons. The van der Waals surface area contributed by atoms with Crippen molar-refractivity contribution < 1.29 is 29.3 Å². The van der Waals surface area contributed by atoms with Crippen LogP contribution in [0.4, 0.5) is 0 Å². The number of unbranched alkanes of at least 4 members (excludes halogenated alkanes) is 23. The first-order valence-corrected chi connectivity index (χ1v) is 34.8. The highest BCUT2D eigenvalue weighted by Gasteiger charge is 2.51. The summed E-state index contributed by atoms with van der Waals surface area (Å²) in [5, 5.41) is 19.7. The molecule has 0 amide bonds. The van der Waals surface area contributed by atoms with Crippen LogP contribution < -0.4 is 0 Å². The number of aliphatic hydroxyl groups excluding tert-OH is 2. The molecule has 0 aromatic rings. The number of ether oxygens (including phenoxy) is 2. The molecule has 2 fully saturated rings. The molecule has 0 heterocycles. The number of aliphatic hydroxyl groups is 2. The molecule has 3 atom stereocenters. The second-order valence-electron chi connectivity index (χ2n) is 24.8. The van der Waals surface area contributed by atoms with Gasteiger partial charge in [0.2, 0.25) is 0 Å². The lowest BCUT2D eigenvalue weighted by Gasteiger charge is -2.57. The first kappa shape index (κ1) is 70.4. The average molecular weight is 1120 g/mol. The molecule has 8 heteroatoms. The third-order valence-corrected chi connectivity index (χ3v) is 18.8. The van der Waals surface area contributed by atoms with E-state index >= 15 is 0 Å². The number of nitrogens with zero attached hydrogens (tertiary/aromatic N) is 1. The summed E-state index contributed by atoms with van der Waals surface area (Å²) in [5.41, 5.74) is 0.594. The van der Waals surface area contributed by atoms with E-state index in [9.17, 15) is 19.8 Å². The van der Waals surface area contributed by atoms with Gasteiger partial charge in [0, 0.05) is 31.3 Å². The van der Waals surface area contributed by atoms with Crippen molar-refractivity contribution >= 4 is 27.9 Å². The van der Waals surface area contributed by atoms with Gasteiger partial charge < -0.3 is 24.6 Å². The molecule has 2 aliphatic rings. The molecule has 2 saturated carbocycles. The van der Waals surface area contributed by atoms with Crippen LogP contribution in [0, 0.1) is 29.1 Å². The monoisotopic (exact) mass is 1120 g/mol. The Hall–Kier alpha value is -0.700. The fourth-order valence-corrected chi connectivity index (χ4v) is 13.8. The van der Waals surface area contributed by atoms with Gasteiger partial charge in [0.1, 0.15) is 0 Å². The second-order valence-corrected chi connectivity index (χ2v) is 25.6. The molecule has 0 aliphatic heterocycles. The van der Waals surface area contributed by atoms with E-state index in [1.54, 1.807) is 0 Å². The third kappa shape index (κ3) is 38.6. The van der Waals surface area contributed by atoms with Gasteiger partial charge in [-0.05, 0) is 132 Å². The number of halogens is 1. The first-order valence-electron chi connectivity index (χ1n) is 33.7. The summed E-state index contributed by atoms with van der Waals surface area (Å²) in [5.74, 6) is 2.94. The Kier molecular flexibility index (Phi) is 48.3. The predicted molar refractivity (Wildman–Crippen MR) is 325 cm³/mol. The predicted octanol–water partition coefficient (Wildman–Crippen LogP) is 19.8. The van der Waals surface area contributed by atoms with Crippen LogP contribution in [0.25, 0.3) is 0 Å². The Balaban J connectivity index is 1.84. The smallest absolute Gasteiger partial charge is 0.305 e. The van der Waals surface area contributed by atoms with Crippen LogP contribution in [0.5, 0.6) is 0 Å². The van der Waals surface area contributed by atoms with Gasteiger partial charge in [0.25, 0.3) is 0 Å². The molecule has 2 rings (SSSR count). The normalized spacial score (nSPS) is 20.6. The van der Waals surface area contributed by atoms with Crippen LogP contribution in [0.15, 0.2) is 0 Å². The standard InChI is InChI=1S/C67H128BrNO6/c1-3-5-7-9-17-28-42-61(59-74-65(72)48-34-26-38-52-68)43-29-18-14-21-32-46-63-58-67(64(63)47-33-22-12-10-11-13-25-41-56-70)50-36-23-15-19-30-44-62(45-31-20-16-24-37-51-67)60-75-66(73)49-35-27-40-54-69(55-57-71)53-39-8-6-4-2/h61-64,70-71H,3-60H2,1-2H3. The van der Waals surface area contributed by atoms with Crippen LogP contribution in [-0.4, -0.2) is 78.4 Å². The van der Waals surface area contributed by atoms with Crippen LogP contribution in [-0.2, 0) is 19.1 Å². The number of carbonyl (C=O) groups excluding carboxylic acids is 2. The first-order chi connectivity index (χ1) is 36.9. The number of hydrogen-bond acceptors (Lipinski definition) is 7. The SMILES string of the molecule is CCCCCCCCC(CCCCCCCC1CC2(CCCCCCCC(COC(=O)CCCCCN(CCO)CCCCCC)CCCCCCC2)C1CCCCCCCCCCO)COC(=O)CCCCCBr. The van der Waals surface area contributed by atoms with Crippen LogP contribution in [0.3, 0.4) is 0 Å². The Morgan fingerprint density at radius 3 is 1.53 bits per heavy atom. The molecule has 0 saturated heterocycles. The van der Waals surface area contributed by atoms with Gasteiger partial charge in [0.15, 0.2) is 0 Å². The second kappa shape index (κ2) is 51.4. The number of alkyl halides is 1. The van der Waals surface area contributed by atoms with E-state index in [2.05, 4.69) is 34.7 Å². The van der Waals surface area contributed by atoms with Crippen molar-refractivity contribution in [1.82, 2.24) is 4.90 Å². The van der Waals surface area contributed by atoms with Gasteiger partial charge in [0.05, 0.1) is 19.8 Å². The highest BCUT2D eigenvalue weighted by molar-refractivity contribution is 9.09. The summed E-state index contributed by atoms with van der Waals surface area (Å²) in [7, 11) is 0. The van der Waals surface area contributed by atoms with Gasteiger partial charge in [-0.2, -0.15) is 0 Å². The number of carbonyl (C=O) groups is 2. The summed E-state index contributed by atoms with van der Waals surface area (Å²) in [4.78, 5) is 27.8. The molecular weight excluding hydrogens is 995 g/mol. The van der Waals surface area contributed by atoms with Crippen molar-refractivity contribution in [3.8, 4) is 0 Å². The summed E-state index contributed by atoms with van der Waals surface area (Å²) in [6.45, 7) is 9.22. The molecule has 75 heavy (non-hydrogen) atoms.